The van der Waals surface area contributed by atoms with Gasteiger partial charge in [0.05, 0.1) is 19.5 Å². The first-order valence-corrected chi connectivity index (χ1v) is 6.71. The van der Waals surface area contributed by atoms with Crippen LogP contribution in [0.2, 0.25) is 5.22 Å². The van der Waals surface area contributed by atoms with Crippen LogP contribution in [0.4, 0.5) is 0 Å². The van der Waals surface area contributed by atoms with Crippen LogP contribution < -0.4 is 10.5 Å². The van der Waals surface area contributed by atoms with Crippen LogP contribution in [0.3, 0.4) is 0 Å². The Labute approximate surface area is 123 Å². The highest BCUT2D eigenvalue weighted by atomic mass is 35.5. The highest BCUT2D eigenvalue weighted by Crippen LogP contribution is 2.36. The molecule has 0 radical (unpaired) electrons. The van der Waals surface area contributed by atoms with Gasteiger partial charge in [0.2, 0.25) is 0 Å². The average molecular weight is 296 g/mol. The van der Waals surface area contributed by atoms with E-state index in [9.17, 15) is 5.11 Å². The van der Waals surface area contributed by atoms with E-state index in [2.05, 4.69) is 0 Å². The molecule has 0 aliphatic rings. The summed E-state index contributed by atoms with van der Waals surface area (Å²) < 4.78 is 10.3. The quantitative estimate of drug-likeness (QED) is 0.889. The Balaban J connectivity index is 2.35. The molecule has 1 aromatic heterocycles. The molecule has 2 rings (SSSR count). The Kier molecular flexibility index (Phi) is 4.70. The van der Waals surface area contributed by atoms with Crippen molar-refractivity contribution in [3.05, 3.63) is 52.4 Å². The van der Waals surface area contributed by atoms with E-state index >= 15 is 0 Å². The van der Waals surface area contributed by atoms with Crippen molar-refractivity contribution in [1.29, 1.82) is 0 Å². The molecular formula is C15H18ClNO3. The molecule has 1 aromatic carbocycles. The van der Waals surface area contributed by atoms with Gasteiger partial charge in [-0.25, -0.2) is 0 Å². The van der Waals surface area contributed by atoms with Crippen LogP contribution >= 0.6 is 11.6 Å². The largest absolute Gasteiger partial charge is 0.496 e. The van der Waals surface area contributed by atoms with Crippen LogP contribution in [-0.4, -0.2) is 18.8 Å². The fourth-order valence-corrected chi connectivity index (χ4v) is 2.47. The summed E-state index contributed by atoms with van der Waals surface area (Å²) in [5.74, 6) is 0.492. The van der Waals surface area contributed by atoms with Crippen LogP contribution in [0, 0.1) is 6.92 Å². The number of furan rings is 1. The Morgan fingerprint density at radius 2 is 2.15 bits per heavy atom. The number of aliphatic hydroxyl groups excluding tert-OH is 1. The number of rotatable bonds is 5. The van der Waals surface area contributed by atoms with E-state index in [1.807, 2.05) is 25.1 Å². The third-order valence-electron chi connectivity index (χ3n) is 3.46. The monoisotopic (exact) mass is 295 g/mol. The predicted octanol–water partition coefficient (Wildman–Crippen LogP) is 3.03. The van der Waals surface area contributed by atoms with Crippen molar-refractivity contribution in [2.45, 2.75) is 18.9 Å². The number of aryl methyl sites for hydroxylation is 1. The maximum Gasteiger partial charge on any atom is 0.198 e. The highest BCUT2D eigenvalue weighted by molar-refractivity contribution is 6.29. The molecule has 2 aromatic rings. The van der Waals surface area contributed by atoms with E-state index < -0.39 is 6.10 Å². The van der Waals surface area contributed by atoms with Gasteiger partial charge in [0.25, 0.3) is 0 Å². The Hall–Kier alpha value is -1.49. The summed E-state index contributed by atoms with van der Waals surface area (Å²) in [6.45, 7) is 2.25. The minimum Gasteiger partial charge on any atom is -0.496 e. The third-order valence-corrected chi connectivity index (χ3v) is 3.77. The minimum absolute atomic E-state index is 0.190. The number of ether oxygens (including phenoxy) is 1. The second kappa shape index (κ2) is 6.31. The van der Waals surface area contributed by atoms with Gasteiger partial charge in [-0.05, 0) is 41.8 Å². The smallest absolute Gasteiger partial charge is 0.198 e. The van der Waals surface area contributed by atoms with Gasteiger partial charge in [0.1, 0.15) is 5.75 Å². The van der Waals surface area contributed by atoms with Crippen molar-refractivity contribution in [2.75, 3.05) is 13.7 Å². The van der Waals surface area contributed by atoms with Gasteiger partial charge < -0.3 is 20.0 Å². The number of hydrogen-bond donors (Lipinski definition) is 2. The van der Waals surface area contributed by atoms with Gasteiger partial charge in [-0.1, -0.05) is 12.1 Å². The van der Waals surface area contributed by atoms with Crippen molar-refractivity contribution < 1.29 is 14.3 Å². The fraction of sp³-hybridized carbons (Fsp3) is 0.333. The van der Waals surface area contributed by atoms with Crippen molar-refractivity contribution >= 4 is 11.6 Å². The zero-order valence-electron chi connectivity index (χ0n) is 11.5. The van der Waals surface area contributed by atoms with Crippen molar-refractivity contribution in [3.8, 4) is 5.75 Å². The predicted molar refractivity (Wildman–Crippen MR) is 78.2 cm³/mol. The molecule has 0 fully saturated rings. The first kappa shape index (κ1) is 14.9. The second-order valence-corrected chi connectivity index (χ2v) is 5.01. The Morgan fingerprint density at radius 3 is 2.70 bits per heavy atom. The van der Waals surface area contributed by atoms with Gasteiger partial charge in [-0.15, -0.1) is 0 Å². The molecule has 4 nitrogen and oxygen atoms in total. The van der Waals surface area contributed by atoms with Gasteiger partial charge >= 0.3 is 0 Å². The van der Waals surface area contributed by atoms with Crippen LogP contribution in [0.15, 0.2) is 34.9 Å². The van der Waals surface area contributed by atoms with E-state index in [-0.39, 0.29) is 17.7 Å². The zero-order valence-corrected chi connectivity index (χ0v) is 12.2. The summed E-state index contributed by atoms with van der Waals surface area (Å²) in [6, 6.07) is 7.43. The van der Waals surface area contributed by atoms with Crippen LogP contribution in [0.5, 0.6) is 5.75 Å². The molecule has 0 bridgehead atoms. The molecule has 2 unspecified atom stereocenters. The molecule has 0 amide bonds. The molecule has 0 aliphatic heterocycles. The number of methoxy groups -OCH3 is 1. The Morgan fingerprint density at radius 1 is 1.40 bits per heavy atom. The first-order chi connectivity index (χ1) is 9.58. The normalized spacial score (nSPS) is 14.1. The SMILES string of the molecule is COc1cc(C(CN)C(O)c2ccoc2Cl)ccc1C. The first-order valence-electron chi connectivity index (χ1n) is 6.34. The lowest BCUT2D eigenvalue weighted by atomic mass is 9.89. The number of benzene rings is 1. The van der Waals surface area contributed by atoms with E-state index in [4.69, 9.17) is 26.5 Å². The summed E-state index contributed by atoms with van der Waals surface area (Å²) in [4.78, 5) is 0. The molecule has 108 valence electrons. The molecule has 0 aliphatic carbocycles. The Bertz CT molecular complexity index is 582. The second-order valence-electron chi connectivity index (χ2n) is 4.67. The maximum atomic E-state index is 10.5. The molecule has 0 spiro atoms. The summed E-state index contributed by atoms with van der Waals surface area (Å²) >= 11 is 5.91. The lowest BCUT2D eigenvalue weighted by Gasteiger charge is -2.22. The molecule has 3 N–H and O–H groups in total. The molecule has 0 saturated heterocycles. The van der Waals surface area contributed by atoms with E-state index in [1.54, 1.807) is 13.2 Å². The van der Waals surface area contributed by atoms with E-state index in [1.165, 1.54) is 6.26 Å². The van der Waals surface area contributed by atoms with E-state index in [0.29, 0.717) is 5.56 Å². The molecule has 20 heavy (non-hydrogen) atoms. The molecule has 1 heterocycles. The van der Waals surface area contributed by atoms with Gasteiger partial charge in [-0.3, -0.25) is 0 Å². The van der Waals surface area contributed by atoms with Gasteiger partial charge in [-0.2, -0.15) is 0 Å². The van der Waals surface area contributed by atoms with Crippen molar-refractivity contribution in [2.24, 2.45) is 5.73 Å². The lowest BCUT2D eigenvalue weighted by molar-refractivity contribution is 0.146. The summed E-state index contributed by atoms with van der Waals surface area (Å²) in [7, 11) is 1.62. The summed E-state index contributed by atoms with van der Waals surface area (Å²) in [5.41, 5.74) is 8.29. The van der Waals surface area contributed by atoms with Gasteiger partial charge in [0, 0.05) is 18.0 Å². The maximum absolute atomic E-state index is 10.5. The summed E-state index contributed by atoms with van der Waals surface area (Å²) in [6.07, 6.45) is 0.628. The van der Waals surface area contributed by atoms with E-state index in [0.717, 1.165) is 16.9 Å². The van der Waals surface area contributed by atoms with Crippen LogP contribution in [0.1, 0.15) is 28.7 Å². The van der Waals surface area contributed by atoms with Gasteiger partial charge in [0.15, 0.2) is 5.22 Å². The average Bonchev–Trinajstić information content (AvgIpc) is 2.87. The number of aliphatic hydroxyl groups is 1. The standard InChI is InChI=1S/C15H18ClNO3/c1-9-3-4-10(7-13(9)19-2)12(8-17)14(18)11-5-6-20-15(11)16/h3-7,12,14,18H,8,17H2,1-2H3. The zero-order chi connectivity index (χ0) is 14.7. The number of halogens is 1. The lowest BCUT2D eigenvalue weighted by Crippen LogP contribution is -2.20. The molecule has 0 saturated carbocycles. The molecule has 2 atom stereocenters. The van der Waals surface area contributed by atoms with Crippen LogP contribution in [0.25, 0.3) is 0 Å². The number of nitrogens with two attached hydrogens (primary N) is 1. The topological polar surface area (TPSA) is 68.6 Å². The van der Waals surface area contributed by atoms with Crippen molar-refractivity contribution in [3.63, 3.8) is 0 Å². The summed E-state index contributed by atoms with van der Waals surface area (Å²) in [5, 5.41) is 10.7. The fourth-order valence-electron chi connectivity index (χ4n) is 2.25. The third kappa shape index (κ3) is 2.82. The molecule has 5 heteroatoms. The van der Waals surface area contributed by atoms with Crippen LogP contribution in [-0.2, 0) is 0 Å². The minimum atomic E-state index is -0.821. The van der Waals surface area contributed by atoms with Crippen molar-refractivity contribution in [1.82, 2.24) is 0 Å². The highest BCUT2D eigenvalue weighted by Gasteiger charge is 2.25. The molecular weight excluding hydrogens is 278 g/mol. The number of hydrogen-bond acceptors (Lipinski definition) is 4.